The zero-order chi connectivity index (χ0) is 14.0. The van der Waals surface area contributed by atoms with E-state index in [2.05, 4.69) is 5.32 Å². The third-order valence-corrected chi connectivity index (χ3v) is 6.39. The summed E-state index contributed by atoms with van der Waals surface area (Å²) in [6.07, 6.45) is 1.81. The van der Waals surface area contributed by atoms with Crippen molar-refractivity contribution in [2.75, 3.05) is 37.9 Å². The van der Waals surface area contributed by atoms with Gasteiger partial charge in [0.05, 0.1) is 11.5 Å². The zero-order valence-electron chi connectivity index (χ0n) is 11.1. The first-order valence-corrected chi connectivity index (χ1v) is 9.65. The Hall–Kier alpha value is -0.180. The molecule has 108 valence electrons. The second kappa shape index (κ2) is 5.85. The highest BCUT2D eigenvalue weighted by Gasteiger charge is 2.32. The van der Waals surface area contributed by atoms with Crippen LogP contribution in [0.2, 0.25) is 0 Å². The number of nitrogens with one attached hydrogen (secondary N) is 1. The molecule has 1 aliphatic rings. The molecule has 0 aromatic rings. The van der Waals surface area contributed by atoms with Gasteiger partial charge in [0.1, 0.15) is 9.84 Å². The standard InChI is InChI=1S/C10H22N2O4S2/c1-9-8-12(5-4-10(9)11-2)18(15,16)7-6-17(3,13)14/h9-11H,4-8H2,1-3H3. The molecular formula is C10H22N2O4S2. The van der Waals surface area contributed by atoms with Crippen LogP contribution < -0.4 is 5.32 Å². The molecular weight excluding hydrogens is 276 g/mol. The smallest absolute Gasteiger partial charge is 0.215 e. The largest absolute Gasteiger partial charge is 0.317 e. The molecule has 2 atom stereocenters. The summed E-state index contributed by atoms with van der Waals surface area (Å²) < 4.78 is 47.5. The monoisotopic (exact) mass is 298 g/mol. The van der Waals surface area contributed by atoms with E-state index in [4.69, 9.17) is 0 Å². The topological polar surface area (TPSA) is 83.6 Å². The average molecular weight is 298 g/mol. The van der Waals surface area contributed by atoms with Crippen LogP contribution in [0.4, 0.5) is 0 Å². The Kier molecular flexibility index (Phi) is 5.16. The molecule has 8 heteroatoms. The van der Waals surface area contributed by atoms with Gasteiger partial charge in [0.25, 0.3) is 0 Å². The molecule has 1 N–H and O–H groups in total. The first-order valence-electron chi connectivity index (χ1n) is 5.98. The average Bonchev–Trinajstić information content (AvgIpc) is 2.25. The molecule has 1 rings (SSSR count). The SMILES string of the molecule is CNC1CCN(S(=O)(=O)CCS(C)(=O)=O)CC1C. The van der Waals surface area contributed by atoms with Gasteiger partial charge in [-0.3, -0.25) is 0 Å². The number of nitrogens with zero attached hydrogens (tertiary/aromatic N) is 1. The van der Waals surface area contributed by atoms with E-state index in [0.717, 1.165) is 12.7 Å². The Morgan fingerprint density at radius 3 is 2.28 bits per heavy atom. The van der Waals surface area contributed by atoms with Crippen molar-refractivity contribution in [3.63, 3.8) is 0 Å². The molecule has 0 bridgehead atoms. The highest BCUT2D eigenvalue weighted by atomic mass is 32.2. The summed E-state index contributed by atoms with van der Waals surface area (Å²) in [6, 6.07) is 0.325. The molecule has 0 saturated carbocycles. The van der Waals surface area contributed by atoms with E-state index in [-0.39, 0.29) is 17.4 Å². The van der Waals surface area contributed by atoms with E-state index in [9.17, 15) is 16.8 Å². The lowest BCUT2D eigenvalue weighted by atomic mass is 9.96. The fourth-order valence-corrected chi connectivity index (χ4v) is 5.33. The van der Waals surface area contributed by atoms with Gasteiger partial charge in [-0.15, -0.1) is 0 Å². The number of hydrogen-bond acceptors (Lipinski definition) is 5. The van der Waals surface area contributed by atoms with E-state index >= 15 is 0 Å². The zero-order valence-corrected chi connectivity index (χ0v) is 12.7. The van der Waals surface area contributed by atoms with E-state index in [1.54, 1.807) is 0 Å². The van der Waals surface area contributed by atoms with E-state index in [0.29, 0.717) is 19.1 Å². The second-order valence-electron chi connectivity index (χ2n) is 4.97. The first kappa shape index (κ1) is 15.9. The van der Waals surface area contributed by atoms with Gasteiger partial charge in [-0.25, -0.2) is 21.1 Å². The lowest BCUT2D eigenvalue weighted by molar-refractivity contribution is 0.228. The number of rotatable bonds is 5. The maximum atomic E-state index is 12.0. The van der Waals surface area contributed by atoms with Gasteiger partial charge in [-0.2, -0.15) is 0 Å². The molecule has 0 aromatic heterocycles. The van der Waals surface area contributed by atoms with Crippen LogP contribution in [0.15, 0.2) is 0 Å². The molecule has 1 heterocycles. The van der Waals surface area contributed by atoms with Crippen LogP contribution in [0.5, 0.6) is 0 Å². The maximum absolute atomic E-state index is 12.0. The predicted molar refractivity (Wildman–Crippen MR) is 71.7 cm³/mol. The van der Waals surface area contributed by atoms with Gasteiger partial charge in [0, 0.05) is 25.4 Å². The summed E-state index contributed by atoms with van der Waals surface area (Å²) in [7, 11) is -4.83. The van der Waals surface area contributed by atoms with Gasteiger partial charge in [0.2, 0.25) is 10.0 Å². The highest BCUT2D eigenvalue weighted by Crippen LogP contribution is 2.19. The van der Waals surface area contributed by atoms with Crippen LogP contribution in [-0.4, -0.2) is 65.1 Å². The third kappa shape index (κ3) is 4.49. The number of piperidine rings is 1. The lowest BCUT2D eigenvalue weighted by Crippen LogP contribution is -2.50. The van der Waals surface area contributed by atoms with Crippen LogP contribution in [-0.2, 0) is 19.9 Å². The van der Waals surface area contributed by atoms with Crippen molar-refractivity contribution in [2.24, 2.45) is 5.92 Å². The molecule has 6 nitrogen and oxygen atoms in total. The number of hydrogen-bond donors (Lipinski definition) is 1. The highest BCUT2D eigenvalue weighted by molar-refractivity contribution is 7.93. The molecule has 0 amide bonds. The predicted octanol–water partition coefficient (Wildman–Crippen LogP) is -0.709. The number of sulfonamides is 1. The van der Waals surface area contributed by atoms with Gasteiger partial charge in [-0.1, -0.05) is 6.92 Å². The van der Waals surface area contributed by atoms with Crippen LogP contribution in [0.1, 0.15) is 13.3 Å². The third-order valence-electron chi connectivity index (χ3n) is 3.34. The first-order chi connectivity index (χ1) is 8.15. The molecule has 0 aliphatic carbocycles. The van der Waals surface area contributed by atoms with Crippen LogP contribution >= 0.6 is 0 Å². The number of sulfone groups is 1. The van der Waals surface area contributed by atoms with E-state index in [1.807, 2.05) is 14.0 Å². The summed E-state index contributed by atoms with van der Waals surface area (Å²) >= 11 is 0. The van der Waals surface area contributed by atoms with Crippen molar-refractivity contribution in [3.05, 3.63) is 0 Å². The molecule has 1 aliphatic heterocycles. The molecule has 0 aromatic carbocycles. The van der Waals surface area contributed by atoms with Crippen molar-refractivity contribution < 1.29 is 16.8 Å². The normalized spacial score (nSPS) is 27.3. The van der Waals surface area contributed by atoms with Crippen molar-refractivity contribution in [1.82, 2.24) is 9.62 Å². The molecule has 0 radical (unpaired) electrons. The van der Waals surface area contributed by atoms with Crippen molar-refractivity contribution >= 4 is 19.9 Å². The van der Waals surface area contributed by atoms with Crippen molar-refractivity contribution in [1.29, 1.82) is 0 Å². The quantitative estimate of drug-likeness (QED) is 0.725. The molecule has 1 fully saturated rings. The Labute approximate surface area is 110 Å². The second-order valence-corrected chi connectivity index (χ2v) is 9.31. The molecule has 18 heavy (non-hydrogen) atoms. The summed E-state index contributed by atoms with van der Waals surface area (Å²) in [5, 5.41) is 3.16. The lowest BCUT2D eigenvalue weighted by Gasteiger charge is -2.35. The van der Waals surface area contributed by atoms with Crippen molar-refractivity contribution in [2.45, 2.75) is 19.4 Å². The summed E-state index contributed by atoms with van der Waals surface area (Å²) in [4.78, 5) is 0. The van der Waals surface area contributed by atoms with E-state index < -0.39 is 19.9 Å². The van der Waals surface area contributed by atoms with Gasteiger partial charge < -0.3 is 5.32 Å². The Bertz CT molecular complexity index is 472. The Morgan fingerprint density at radius 1 is 1.22 bits per heavy atom. The Morgan fingerprint density at radius 2 is 1.83 bits per heavy atom. The minimum Gasteiger partial charge on any atom is -0.317 e. The van der Waals surface area contributed by atoms with Gasteiger partial charge >= 0.3 is 0 Å². The van der Waals surface area contributed by atoms with Crippen LogP contribution in [0, 0.1) is 5.92 Å². The molecule has 0 spiro atoms. The van der Waals surface area contributed by atoms with Crippen LogP contribution in [0.3, 0.4) is 0 Å². The molecule has 1 saturated heterocycles. The summed E-state index contributed by atoms with van der Waals surface area (Å²) in [5.41, 5.74) is 0. The maximum Gasteiger partial charge on any atom is 0.215 e. The van der Waals surface area contributed by atoms with Gasteiger partial charge in [-0.05, 0) is 19.4 Å². The van der Waals surface area contributed by atoms with Crippen molar-refractivity contribution in [3.8, 4) is 0 Å². The molecule has 2 unspecified atom stereocenters. The summed E-state index contributed by atoms with van der Waals surface area (Å²) in [5.74, 6) is -0.393. The minimum atomic E-state index is -3.45. The van der Waals surface area contributed by atoms with Crippen LogP contribution in [0.25, 0.3) is 0 Å². The van der Waals surface area contributed by atoms with E-state index in [1.165, 1.54) is 4.31 Å². The summed E-state index contributed by atoms with van der Waals surface area (Å²) in [6.45, 7) is 2.92. The Balaban J connectivity index is 2.65. The minimum absolute atomic E-state index is 0.233. The van der Waals surface area contributed by atoms with Gasteiger partial charge in [0.15, 0.2) is 0 Å². The fraction of sp³-hybridized carbons (Fsp3) is 1.00. The fourth-order valence-electron chi connectivity index (χ4n) is 2.17.